The standard InChI is InChI=1S/C13H18F3N3O2/c1-2-8-6-11(20)18-10(17-8)7-19-5-3-4-9(19)12(21)13(14,15)16/h6,9,12,21H,2-5,7H2,1H3,(H,17,18,20). The summed E-state index contributed by atoms with van der Waals surface area (Å²) in [5.74, 6) is 0.334. The minimum Gasteiger partial charge on any atom is -0.382 e. The van der Waals surface area contributed by atoms with E-state index in [1.54, 1.807) is 0 Å². The molecule has 8 heteroatoms. The number of halogens is 3. The van der Waals surface area contributed by atoms with Gasteiger partial charge in [0.1, 0.15) is 5.82 Å². The molecule has 1 aromatic heterocycles. The molecule has 0 aromatic carbocycles. The number of hydrogen-bond acceptors (Lipinski definition) is 4. The van der Waals surface area contributed by atoms with Crippen molar-refractivity contribution < 1.29 is 18.3 Å². The van der Waals surface area contributed by atoms with Crippen molar-refractivity contribution in [1.29, 1.82) is 0 Å². The van der Waals surface area contributed by atoms with Gasteiger partial charge in [-0.05, 0) is 25.8 Å². The van der Waals surface area contributed by atoms with Crippen molar-refractivity contribution in [1.82, 2.24) is 14.9 Å². The van der Waals surface area contributed by atoms with Gasteiger partial charge in [-0.25, -0.2) is 4.98 Å². The van der Waals surface area contributed by atoms with Crippen LogP contribution in [0.25, 0.3) is 0 Å². The Bertz CT molecular complexity index is 544. The highest BCUT2D eigenvalue weighted by molar-refractivity contribution is 5.03. The lowest BCUT2D eigenvalue weighted by molar-refractivity contribution is -0.219. The van der Waals surface area contributed by atoms with Crippen LogP contribution < -0.4 is 5.56 Å². The first kappa shape index (κ1) is 16.0. The molecule has 2 atom stereocenters. The van der Waals surface area contributed by atoms with E-state index in [0.717, 1.165) is 0 Å². The molecule has 1 aliphatic heterocycles. The molecule has 0 spiro atoms. The van der Waals surface area contributed by atoms with Crippen molar-refractivity contribution in [2.45, 2.75) is 51.1 Å². The molecule has 0 amide bonds. The fraction of sp³-hybridized carbons (Fsp3) is 0.692. The second-order valence-corrected chi connectivity index (χ2v) is 5.20. The van der Waals surface area contributed by atoms with Crippen LogP contribution in [0.5, 0.6) is 0 Å². The van der Waals surface area contributed by atoms with Crippen LogP contribution in [0.15, 0.2) is 10.9 Å². The highest BCUT2D eigenvalue weighted by Crippen LogP contribution is 2.31. The van der Waals surface area contributed by atoms with E-state index in [1.165, 1.54) is 11.0 Å². The van der Waals surface area contributed by atoms with Crippen molar-refractivity contribution in [2.24, 2.45) is 0 Å². The van der Waals surface area contributed by atoms with Crippen LogP contribution in [0.3, 0.4) is 0 Å². The molecule has 0 saturated carbocycles. The lowest BCUT2D eigenvalue weighted by atomic mass is 10.1. The molecule has 21 heavy (non-hydrogen) atoms. The van der Waals surface area contributed by atoms with E-state index >= 15 is 0 Å². The average molecular weight is 305 g/mol. The number of aryl methyl sites for hydroxylation is 1. The molecule has 2 rings (SSSR count). The van der Waals surface area contributed by atoms with Crippen LogP contribution in [-0.4, -0.2) is 44.8 Å². The summed E-state index contributed by atoms with van der Waals surface area (Å²) in [6.07, 6.45) is -5.58. The van der Waals surface area contributed by atoms with Crippen molar-refractivity contribution in [3.05, 3.63) is 27.9 Å². The van der Waals surface area contributed by atoms with Crippen molar-refractivity contribution in [3.63, 3.8) is 0 Å². The molecule has 0 bridgehead atoms. The number of rotatable bonds is 4. The Balaban J connectivity index is 2.15. The van der Waals surface area contributed by atoms with Crippen LogP contribution in [0.2, 0.25) is 0 Å². The van der Waals surface area contributed by atoms with Gasteiger partial charge >= 0.3 is 6.18 Å². The first-order valence-corrected chi connectivity index (χ1v) is 6.89. The molecular formula is C13H18F3N3O2. The Morgan fingerprint density at radius 2 is 2.29 bits per heavy atom. The fourth-order valence-corrected chi connectivity index (χ4v) is 2.64. The van der Waals surface area contributed by atoms with Crippen LogP contribution in [0, 0.1) is 0 Å². The van der Waals surface area contributed by atoms with Crippen LogP contribution in [0.1, 0.15) is 31.3 Å². The van der Waals surface area contributed by atoms with Crippen molar-refractivity contribution >= 4 is 0 Å². The second kappa shape index (κ2) is 6.15. The Hall–Kier alpha value is -1.41. The summed E-state index contributed by atoms with van der Waals surface area (Å²) in [5, 5.41) is 9.43. The van der Waals surface area contributed by atoms with Crippen LogP contribution in [-0.2, 0) is 13.0 Å². The molecular weight excluding hydrogens is 287 g/mol. The number of H-pyrrole nitrogens is 1. The maximum Gasteiger partial charge on any atom is 0.415 e. The van der Waals surface area contributed by atoms with Gasteiger partial charge in [-0.15, -0.1) is 0 Å². The number of hydrogen-bond donors (Lipinski definition) is 2. The molecule has 1 fully saturated rings. The summed E-state index contributed by atoms with van der Waals surface area (Å²) < 4.78 is 37.9. The van der Waals surface area contributed by atoms with E-state index in [-0.39, 0.29) is 18.5 Å². The van der Waals surface area contributed by atoms with E-state index in [2.05, 4.69) is 9.97 Å². The first-order valence-electron chi connectivity index (χ1n) is 6.89. The van der Waals surface area contributed by atoms with Crippen LogP contribution in [0.4, 0.5) is 13.2 Å². The van der Waals surface area contributed by atoms with E-state index in [0.29, 0.717) is 30.9 Å². The monoisotopic (exact) mass is 305 g/mol. The van der Waals surface area contributed by atoms with E-state index in [1.807, 2.05) is 6.92 Å². The van der Waals surface area contributed by atoms with Gasteiger partial charge < -0.3 is 10.1 Å². The second-order valence-electron chi connectivity index (χ2n) is 5.20. The number of aromatic amines is 1. The quantitative estimate of drug-likeness (QED) is 0.877. The normalized spacial score (nSPS) is 21.7. The van der Waals surface area contributed by atoms with E-state index in [9.17, 15) is 23.1 Å². The third kappa shape index (κ3) is 3.82. The molecule has 0 radical (unpaired) electrons. The van der Waals surface area contributed by atoms with Crippen LogP contribution >= 0.6 is 0 Å². The number of aliphatic hydroxyl groups is 1. The van der Waals surface area contributed by atoms with Gasteiger partial charge in [0.05, 0.1) is 6.54 Å². The van der Waals surface area contributed by atoms with Gasteiger partial charge in [0.25, 0.3) is 5.56 Å². The largest absolute Gasteiger partial charge is 0.415 e. The lowest BCUT2D eigenvalue weighted by Crippen LogP contribution is -2.46. The maximum atomic E-state index is 12.6. The summed E-state index contributed by atoms with van der Waals surface area (Å²) in [5.41, 5.74) is 0.282. The minimum atomic E-state index is -4.64. The number of aliphatic hydroxyl groups excluding tert-OH is 1. The zero-order valence-corrected chi connectivity index (χ0v) is 11.7. The van der Waals surface area contributed by atoms with Gasteiger partial charge in [-0.2, -0.15) is 13.2 Å². The number of alkyl halides is 3. The highest BCUT2D eigenvalue weighted by atomic mass is 19.4. The molecule has 1 aromatic rings. The molecule has 5 nitrogen and oxygen atoms in total. The van der Waals surface area contributed by atoms with E-state index in [4.69, 9.17) is 0 Å². The number of nitrogens with one attached hydrogen (secondary N) is 1. The first-order chi connectivity index (χ1) is 9.81. The molecule has 2 N–H and O–H groups in total. The summed E-state index contributed by atoms with van der Waals surface area (Å²) in [4.78, 5) is 19.7. The molecule has 1 aliphatic rings. The number of likely N-dealkylation sites (tertiary alicyclic amines) is 1. The Labute approximate surface area is 119 Å². The third-order valence-corrected chi connectivity index (χ3v) is 3.67. The summed E-state index contributed by atoms with van der Waals surface area (Å²) in [7, 11) is 0. The molecule has 118 valence electrons. The highest BCUT2D eigenvalue weighted by Gasteiger charge is 2.47. The summed E-state index contributed by atoms with van der Waals surface area (Å²) in [6, 6.07) is 0.385. The Kier molecular flexibility index (Phi) is 4.67. The zero-order chi connectivity index (χ0) is 15.6. The molecule has 2 unspecified atom stereocenters. The van der Waals surface area contributed by atoms with Gasteiger partial charge in [0, 0.05) is 17.8 Å². The van der Waals surface area contributed by atoms with Crippen molar-refractivity contribution in [2.75, 3.05) is 6.54 Å². The number of aromatic nitrogens is 2. The predicted octanol–water partition coefficient (Wildman–Crippen LogP) is 1.22. The third-order valence-electron chi connectivity index (χ3n) is 3.67. The Morgan fingerprint density at radius 1 is 1.57 bits per heavy atom. The predicted molar refractivity (Wildman–Crippen MR) is 69.7 cm³/mol. The van der Waals surface area contributed by atoms with Gasteiger partial charge in [0.2, 0.25) is 0 Å². The van der Waals surface area contributed by atoms with E-state index < -0.39 is 18.3 Å². The summed E-state index contributed by atoms with van der Waals surface area (Å²) >= 11 is 0. The molecule has 1 saturated heterocycles. The number of nitrogens with zero attached hydrogens (tertiary/aromatic N) is 2. The topological polar surface area (TPSA) is 69.2 Å². The molecule has 2 heterocycles. The SMILES string of the molecule is CCc1cc(=O)[nH]c(CN2CCCC2C(O)C(F)(F)F)n1. The zero-order valence-electron chi connectivity index (χ0n) is 11.7. The summed E-state index contributed by atoms with van der Waals surface area (Å²) in [6.45, 7) is 2.39. The smallest absolute Gasteiger partial charge is 0.382 e. The van der Waals surface area contributed by atoms with Gasteiger partial charge in [-0.1, -0.05) is 6.92 Å². The maximum absolute atomic E-state index is 12.6. The van der Waals surface area contributed by atoms with Gasteiger partial charge in [-0.3, -0.25) is 9.69 Å². The lowest BCUT2D eigenvalue weighted by Gasteiger charge is -2.29. The average Bonchev–Trinajstić information content (AvgIpc) is 2.83. The minimum absolute atomic E-state index is 0.0981. The Morgan fingerprint density at radius 3 is 2.90 bits per heavy atom. The van der Waals surface area contributed by atoms with Gasteiger partial charge in [0.15, 0.2) is 6.10 Å². The molecule has 0 aliphatic carbocycles. The van der Waals surface area contributed by atoms with Crippen molar-refractivity contribution in [3.8, 4) is 0 Å². The fourth-order valence-electron chi connectivity index (χ4n) is 2.64.